The lowest BCUT2D eigenvalue weighted by Gasteiger charge is -2.04. The first-order chi connectivity index (χ1) is 9.12. The number of pyridine rings is 1. The second-order valence-electron chi connectivity index (χ2n) is 3.92. The summed E-state index contributed by atoms with van der Waals surface area (Å²) in [4.78, 5) is 5.27. The minimum Gasteiger partial charge on any atom is -0.326 e. The number of hydrogen-bond acceptors (Lipinski definition) is 5. The van der Waals surface area contributed by atoms with Crippen LogP contribution in [0.2, 0.25) is 0 Å². The lowest BCUT2D eigenvalue weighted by molar-refractivity contribution is 0.581. The smallest absolute Gasteiger partial charge is 0.241 e. The van der Waals surface area contributed by atoms with E-state index in [2.05, 4.69) is 9.71 Å². The predicted octanol–water partition coefficient (Wildman–Crippen LogP) is 1.12. The molecule has 0 aliphatic heterocycles. The van der Waals surface area contributed by atoms with Crippen LogP contribution in [-0.2, 0) is 23.0 Å². The molecule has 0 atom stereocenters. The Hall–Kier alpha value is -1.28. The van der Waals surface area contributed by atoms with Gasteiger partial charge in [0.05, 0.1) is 4.90 Å². The van der Waals surface area contributed by atoms with Gasteiger partial charge in [0.1, 0.15) is 0 Å². The van der Waals surface area contributed by atoms with Gasteiger partial charge in [-0.05, 0) is 18.2 Å². The molecule has 0 aliphatic carbocycles. The minimum atomic E-state index is -3.44. The van der Waals surface area contributed by atoms with E-state index in [0.717, 1.165) is 10.6 Å². The first kappa shape index (κ1) is 14.1. The molecule has 3 N–H and O–H groups in total. The zero-order valence-electron chi connectivity index (χ0n) is 10.2. The topological polar surface area (TPSA) is 85.1 Å². The van der Waals surface area contributed by atoms with Crippen molar-refractivity contribution in [3.63, 3.8) is 0 Å². The summed E-state index contributed by atoms with van der Waals surface area (Å²) in [5.41, 5.74) is 6.33. The van der Waals surface area contributed by atoms with Crippen molar-refractivity contribution >= 4 is 21.4 Å². The molecule has 0 aromatic carbocycles. The number of hydrogen-bond donors (Lipinski definition) is 2. The third-order valence-electron chi connectivity index (χ3n) is 2.54. The maximum absolute atomic E-state index is 12.0. The first-order valence-corrected chi connectivity index (χ1v) is 8.15. The summed E-state index contributed by atoms with van der Waals surface area (Å²) in [5, 5.41) is 1.60. The maximum Gasteiger partial charge on any atom is 0.241 e. The molecular weight excluding hydrogens is 282 g/mol. The van der Waals surface area contributed by atoms with Gasteiger partial charge in [-0.3, -0.25) is 4.98 Å². The summed E-state index contributed by atoms with van der Waals surface area (Å²) in [6.07, 6.45) is 2.25. The highest BCUT2D eigenvalue weighted by molar-refractivity contribution is 7.89. The molecule has 2 rings (SSSR count). The predicted molar refractivity (Wildman–Crippen MR) is 75.3 cm³/mol. The van der Waals surface area contributed by atoms with E-state index in [1.165, 1.54) is 11.3 Å². The number of thiophene rings is 1. The van der Waals surface area contributed by atoms with Crippen LogP contribution in [0.4, 0.5) is 0 Å². The molecule has 0 saturated carbocycles. The number of nitrogens with two attached hydrogens (primary N) is 1. The molecule has 0 radical (unpaired) electrons. The van der Waals surface area contributed by atoms with Crippen molar-refractivity contribution in [3.05, 3.63) is 46.4 Å². The first-order valence-electron chi connectivity index (χ1n) is 5.79. The summed E-state index contributed by atoms with van der Waals surface area (Å²) in [7, 11) is -3.44. The van der Waals surface area contributed by atoms with Gasteiger partial charge in [-0.15, -0.1) is 11.3 Å². The summed E-state index contributed by atoms with van der Waals surface area (Å²) in [5.74, 6) is 0. The van der Waals surface area contributed by atoms with E-state index in [1.54, 1.807) is 17.6 Å². The standard InChI is InChI=1S/C12H15N3O2S2/c13-8-11-7-12(9-18-11)19(16,17)15-6-4-10-3-1-2-5-14-10/h1-3,5,7,9,15H,4,6,8,13H2. The largest absolute Gasteiger partial charge is 0.326 e. The van der Waals surface area contributed by atoms with Crippen LogP contribution in [0.15, 0.2) is 40.7 Å². The molecule has 2 aromatic rings. The van der Waals surface area contributed by atoms with Crippen LogP contribution < -0.4 is 10.5 Å². The molecule has 0 spiro atoms. The van der Waals surface area contributed by atoms with Crippen molar-refractivity contribution in [1.29, 1.82) is 0 Å². The summed E-state index contributed by atoms with van der Waals surface area (Å²) < 4.78 is 26.5. The Bertz CT molecular complexity index is 623. The normalized spacial score (nSPS) is 11.6. The maximum atomic E-state index is 12.0. The highest BCUT2D eigenvalue weighted by Gasteiger charge is 2.15. The van der Waals surface area contributed by atoms with Gasteiger partial charge in [0, 0.05) is 41.7 Å². The van der Waals surface area contributed by atoms with Gasteiger partial charge in [-0.25, -0.2) is 13.1 Å². The molecule has 2 heterocycles. The molecule has 7 heteroatoms. The monoisotopic (exact) mass is 297 g/mol. The highest BCUT2D eigenvalue weighted by Crippen LogP contribution is 2.18. The zero-order valence-corrected chi connectivity index (χ0v) is 11.9. The lowest BCUT2D eigenvalue weighted by Crippen LogP contribution is -2.25. The van der Waals surface area contributed by atoms with E-state index in [1.807, 2.05) is 18.2 Å². The molecular formula is C12H15N3O2S2. The molecule has 19 heavy (non-hydrogen) atoms. The Labute approximate surface area is 116 Å². The average Bonchev–Trinajstić information content (AvgIpc) is 2.89. The fourth-order valence-corrected chi connectivity index (χ4v) is 3.74. The number of rotatable bonds is 6. The van der Waals surface area contributed by atoms with Crippen molar-refractivity contribution in [2.45, 2.75) is 17.9 Å². The molecule has 2 aromatic heterocycles. The Kier molecular flexibility index (Phi) is 4.65. The van der Waals surface area contributed by atoms with Gasteiger partial charge in [-0.1, -0.05) is 6.07 Å². The van der Waals surface area contributed by atoms with Crippen LogP contribution in [0.1, 0.15) is 10.6 Å². The van der Waals surface area contributed by atoms with Crippen LogP contribution in [-0.4, -0.2) is 19.9 Å². The quantitative estimate of drug-likeness (QED) is 0.837. The fourth-order valence-electron chi connectivity index (χ4n) is 1.55. The van der Waals surface area contributed by atoms with Crippen LogP contribution >= 0.6 is 11.3 Å². The molecule has 0 bridgehead atoms. The average molecular weight is 297 g/mol. The van der Waals surface area contributed by atoms with Crippen LogP contribution in [0.5, 0.6) is 0 Å². The zero-order chi connectivity index (χ0) is 13.7. The molecule has 0 amide bonds. The van der Waals surface area contributed by atoms with E-state index in [-0.39, 0.29) is 4.90 Å². The molecule has 0 saturated heterocycles. The Balaban J connectivity index is 1.94. The van der Waals surface area contributed by atoms with Crippen molar-refractivity contribution in [2.24, 2.45) is 5.73 Å². The van der Waals surface area contributed by atoms with E-state index in [9.17, 15) is 8.42 Å². The molecule has 5 nitrogen and oxygen atoms in total. The lowest BCUT2D eigenvalue weighted by atomic mass is 10.3. The Morgan fingerprint density at radius 3 is 2.84 bits per heavy atom. The molecule has 0 aliphatic rings. The van der Waals surface area contributed by atoms with Gasteiger partial charge in [0.25, 0.3) is 0 Å². The number of sulfonamides is 1. The van der Waals surface area contributed by atoms with E-state index >= 15 is 0 Å². The summed E-state index contributed by atoms with van der Waals surface area (Å²) >= 11 is 1.35. The minimum absolute atomic E-state index is 0.277. The second kappa shape index (κ2) is 6.25. The number of nitrogens with one attached hydrogen (secondary N) is 1. The van der Waals surface area contributed by atoms with E-state index in [0.29, 0.717) is 19.5 Å². The van der Waals surface area contributed by atoms with Crippen LogP contribution in [0, 0.1) is 0 Å². The fraction of sp³-hybridized carbons (Fsp3) is 0.250. The van der Waals surface area contributed by atoms with Gasteiger partial charge < -0.3 is 5.73 Å². The summed E-state index contributed by atoms with van der Waals surface area (Å²) in [6.45, 7) is 0.682. The number of aromatic nitrogens is 1. The molecule has 0 fully saturated rings. The van der Waals surface area contributed by atoms with Gasteiger partial charge >= 0.3 is 0 Å². The van der Waals surface area contributed by atoms with Crippen LogP contribution in [0.3, 0.4) is 0 Å². The van der Waals surface area contributed by atoms with Crippen LogP contribution in [0.25, 0.3) is 0 Å². The van der Waals surface area contributed by atoms with E-state index < -0.39 is 10.0 Å². The Morgan fingerprint density at radius 1 is 1.37 bits per heavy atom. The van der Waals surface area contributed by atoms with Gasteiger partial charge in [-0.2, -0.15) is 0 Å². The van der Waals surface area contributed by atoms with Crippen molar-refractivity contribution in [3.8, 4) is 0 Å². The highest BCUT2D eigenvalue weighted by atomic mass is 32.2. The Morgan fingerprint density at radius 2 is 2.21 bits per heavy atom. The number of nitrogens with zero attached hydrogens (tertiary/aromatic N) is 1. The van der Waals surface area contributed by atoms with Gasteiger partial charge in [0.2, 0.25) is 10.0 Å². The van der Waals surface area contributed by atoms with Crippen molar-refractivity contribution < 1.29 is 8.42 Å². The van der Waals surface area contributed by atoms with E-state index in [4.69, 9.17) is 5.73 Å². The molecule has 102 valence electrons. The SMILES string of the molecule is NCc1cc(S(=O)(=O)NCCc2ccccn2)cs1. The molecule has 0 unspecified atom stereocenters. The summed E-state index contributed by atoms with van der Waals surface area (Å²) in [6, 6.07) is 7.18. The second-order valence-corrected chi connectivity index (χ2v) is 6.68. The van der Waals surface area contributed by atoms with Gasteiger partial charge in [0.15, 0.2) is 0 Å². The third-order valence-corrected chi connectivity index (χ3v) is 5.09. The third kappa shape index (κ3) is 3.84. The van der Waals surface area contributed by atoms with Crippen molar-refractivity contribution in [2.75, 3.05) is 6.54 Å². The van der Waals surface area contributed by atoms with Crippen molar-refractivity contribution in [1.82, 2.24) is 9.71 Å².